The van der Waals surface area contributed by atoms with Crippen LogP contribution in [0.5, 0.6) is 0 Å². The number of hydrogen-bond donors (Lipinski definition) is 2. The maximum atomic E-state index is 12.0. The highest BCUT2D eigenvalue weighted by Gasteiger charge is 2.12. The van der Waals surface area contributed by atoms with Gasteiger partial charge in [0.2, 0.25) is 5.91 Å². The van der Waals surface area contributed by atoms with E-state index in [2.05, 4.69) is 10.6 Å². The summed E-state index contributed by atoms with van der Waals surface area (Å²) in [6.45, 7) is 0.280. The molecule has 5 nitrogen and oxygen atoms in total. The van der Waals surface area contributed by atoms with Crippen LogP contribution < -0.4 is 10.6 Å². The Bertz CT molecular complexity index is 750. The van der Waals surface area contributed by atoms with Gasteiger partial charge in [-0.25, -0.2) is 0 Å². The van der Waals surface area contributed by atoms with Gasteiger partial charge in [-0.1, -0.05) is 35.3 Å². The predicted octanol–water partition coefficient (Wildman–Crippen LogP) is 3.51. The molecule has 0 saturated carbocycles. The number of halogens is 2. The summed E-state index contributed by atoms with van der Waals surface area (Å²) >= 11 is 11.7. The van der Waals surface area contributed by atoms with Crippen molar-refractivity contribution in [3.63, 3.8) is 0 Å². The predicted molar refractivity (Wildman–Crippen MR) is 94.6 cm³/mol. The third-order valence-corrected chi connectivity index (χ3v) is 3.65. The minimum atomic E-state index is -0.444. The molecule has 0 fully saturated rings. The Morgan fingerprint density at radius 3 is 2.62 bits per heavy atom. The van der Waals surface area contributed by atoms with E-state index < -0.39 is 5.91 Å². The average Bonchev–Trinajstić information content (AvgIpc) is 2.53. The van der Waals surface area contributed by atoms with Gasteiger partial charge in [0, 0.05) is 17.8 Å². The number of carbonyl (C=O) groups excluding carboxylic acids is 2. The van der Waals surface area contributed by atoms with Crippen molar-refractivity contribution < 1.29 is 14.3 Å². The summed E-state index contributed by atoms with van der Waals surface area (Å²) in [5.74, 6) is -0.789. The molecule has 7 heteroatoms. The second-order valence-corrected chi connectivity index (χ2v) is 5.83. The molecule has 2 amide bonds. The first-order chi connectivity index (χ1) is 11.5. The van der Waals surface area contributed by atoms with Crippen molar-refractivity contribution in [2.45, 2.75) is 6.61 Å². The maximum absolute atomic E-state index is 12.0. The van der Waals surface area contributed by atoms with Gasteiger partial charge in [0.05, 0.1) is 23.7 Å². The number of anilines is 1. The van der Waals surface area contributed by atoms with Crippen LogP contribution in [-0.2, 0) is 16.1 Å². The Kier molecular flexibility index (Phi) is 6.61. The van der Waals surface area contributed by atoms with Gasteiger partial charge < -0.3 is 15.4 Å². The Morgan fingerprint density at radius 2 is 1.92 bits per heavy atom. The lowest BCUT2D eigenvalue weighted by molar-refractivity contribution is -0.115. The van der Waals surface area contributed by atoms with Gasteiger partial charge in [-0.15, -0.1) is 0 Å². The first-order valence-corrected chi connectivity index (χ1v) is 7.86. The molecular formula is C17H16Cl2N2O3. The van der Waals surface area contributed by atoms with Gasteiger partial charge in [0.25, 0.3) is 5.91 Å². The highest BCUT2D eigenvalue weighted by atomic mass is 35.5. The molecule has 0 aliphatic carbocycles. The van der Waals surface area contributed by atoms with Crippen molar-refractivity contribution in [3.05, 3.63) is 63.6 Å². The smallest absolute Gasteiger partial charge is 0.253 e. The topological polar surface area (TPSA) is 67.4 Å². The molecule has 0 aromatic heterocycles. The molecule has 0 radical (unpaired) electrons. The standard InChI is InChI=1S/C17H16Cl2N2O3/c1-24-10-11-3-2-4-13(7-11)21-16(22)9-20-17(23)14-6-5-12(18)8-15(14)19/h2-8H,9-10H2,1H3,(H,20,23)(H,21,22). The van der Waals surface area contributed by atoms with Gasteiger partial charge in [-0.2, -0.15) is 0 Å². The SMILES string of the molecule is COCc1cccc(NC(=O)CNC(=O)c2ccc(Cl)cc2Cl)c1. The largest absolute Gasteiger partial charge is 0.380 e. The minimum absolute atomic E-state index is 0.174. The van der Waals surface area contributed by atoms with Crippen LogP contribution in [0.25, 0.3) is 0 Å². The van der Waals surface area contributed by atoms with Crippen LogP contribution in [0.1, 0.15) is 15.9 Å². The summed E-state index contributed by atoms with van der Waals surface area (Å²) < 4.78 is 5.04. The van der Waals surface area contributed by atoms with Crippen molar-refractivity contribution in [1.29, 1.82) is 0 Å². The summed E-state index contributed by atoms with van der Waals surface area (Å²) in [6.07, 6.45) is 0. The summed E-state index contributed by atoms with van der Waals surface area (Å²) in [5.41, 5.74) is 1.83. The van der Waals surface area contributed by atoms with E-state index in [1.165, 1.54) is 12.1 Å². The molecule has 0 atom stereocenters. The first kappa shape index (κ1) is 18.3. The number of rotatable bonds is 6. The summed E-state index contributed by atoms with van der Waals surface area (Å²) in [7, 11) is 1.60. The zero-order valence-electron chi connectivity index (χ0n) is 12.9. The van der Waals surface area contributed by atoms with Crippen LogP contribution >= 0.6 is 23.2 Å². The molecule has 0 aliphatic rings. The van der Waals surface area contributed by atoms with Gasteiger partial charge in [0.1, 0.15) is 0 Å². The molecule has 0 bridgehead atoms. The zero-order chi connectivity index (χ0) is 17.5. The summed E-state index contributed by atoms with van der Waals surface area (Å²) in [5, 5.41) is 5.89. The van der Waals surface area contributed by atoms with Crippen molar-refractivity contribution >= 4 is 40.7 Å². The van der Waals surface area contributed by atoms with E-state index in [0.717, 1.165) is 5.56 Å². The fourth-order valence-electron chi connectivity index (χ4n) is 2.04. The maximum Gasteiger partial charge on any atom is 0.253 e. The quantitative estimate of drug-likeness (QED) is 0.821. The van der Waals surface area contributed by atoms with Crippen molar-refractivity contribution in [2.75, 3.05) is 19.0 Å². The Morgan fingerprint density at radius 1 is 1.12 bits per heavy atom. The highest BCUT2D eigenvalue weighted by Crippen LogP contribution is 2.20. The van der Waals surface area contributed by atoms with E-state index in [9.17, 15) is 9.59 Å². The van der Waals surface area contributed by atoms with Crippen LogP contribution in [0.4, 0.5) is 5.69 Å². The van der Waals surface area contributed by atoms with Gasteiger partial charge in [-0.3, -0.25) is 9.59 Å². The molecule has 0 unspecified atom stereocenters. The fourth-order valence-corrected chi connectivity index (χ4v) is 2.53. The molecule has 0 heterocycles. The lowest BCUT2D eigenvalue weighted by Gasteiger charge is -2.09. The molecule has 2 N–H and O–H groups in total. The van der Waals surface area contributed by atoms with E-state index in [0.29, 0.717) is 17.3 Å². The van der Waals surface area contributed by atoms with E-state index in [-0.39, 0.29) is 23.0 Å². The van der Waals surface area contributed by atoms with Crippen molar-refractivity contribution in [1.82, 2.24) is 5.32 Å². The number of amides is 2. The number of methoxy groups -OCH3 is 1. The molecule has 2 aromatic carbocycles. The first-order valence-electron chi connectivity index (χ1n) is 7.10. The van der Waals surface area contributed by atoms with Crippen LogP contribution in [-0.4, -0.2) is 25.5 Å². The van der Waals surface area contributed by atoms with E-state index in [1.807, 2.05) is 12.1 Å². The van der Waals surface area contributed by atoms with Gasteiger partial charge >= 0.3 is 0 Å². The van der Waals surface area contributed by atoms with Gasteiger partial charge in [0.15, 0.2) is 0 Å². The Balaban J connectivity index is 1.91. The second-order valence-electron chi connectivity index (χ2n) is 4.99. The fraction of sp³-hybridized carbons (Fsp3) is 0.176. The molecule has 2 rings (SSSR count). The Labute approximate surface area is 149 Å². The summed E-state index contributed by atoms with van der Waals surface area (Å²) in [4.78, 5) is 24.0. The van der Waals surface area contributed by atoms with Gasteiger partial charge in [-0.05, 0) is 35.9 Å². The highest BCUT2D eigenvalue weighted by molar-refractivity contribution is 6.36. The molecule has 2 aromatic rings. The third kappa shape index (κ3) is 5.23. The number of carbonyl (C=O) groups is 2. The summed E-state index contributed by atoms with van der Waals surface area (Å²) in [6, 6.07) is 11.8. The van der Waals surface area contributed by atoms with E-state index >= 15 is 0 Å². The second kappa shape index (κ2) is 8.68. The van der Waals surface area contributed by atoms with Crippen LogP contribution in [0.3, 0.4) is 0 Å². The number of ether oxygens (including phenoxy) is 1. The average molecular weight is 367 g/mol. The van der Waals surface area contributed by atoms with Crippen LogP contribution in [0.15, 0.2) is 42.5 Å². The molecular weight excluding hydrogens is 351 g/mol. The van der Waals surface area contributed by atoms with Crippen LogP contribution in [0.2, 0.25) is 10.0 Å². The van der Waals surface area contributed by atoms with E-state index in [1.54, 1.807) is 25.3 Å². The minimum Gasteiger partial charge on any atom is -0.380 e. The molecule has 126 valence electrons. The normalized spacial score (nSPS) is 10.3. The van der Waals surface area contributed by atoms with E-state index in [4.69, 9.17) is 27.9 Å². The van der Waals surface area contributed by atoms with Crippen molar-refractivity contribution in [3.8, 4) is 0 Å². The molecule has 24 heavy (non-hydrogen) atoms. The Hall–Kier alpha value is -2.08. The molecule has 0 saturated heterocycles. The zero-order valence-corrected chi connectivity index (χ0v) is 14.4. The lowest BCUT2D eigenvalue weighted by Crippen LogP contribution is -2.33. The number of benzene rings is 2. The molecule has 0 spiro atoms. The number of hydrogen-bond acceptors (Lipinski definition) is 3. The van der Waals surface area contributed by atoms with Crippen molar-refractivity contribution in [2.24, 2.45) is 0 Å². The molecule has 0 aliphatic heterocycles. The number of nitrogens with one attached hydrogen (secondary N) is 2. The lowest BCUT2D eigenvalue weighted by atomic mass is 10.2. The monoisotopic (exact) mass is 366 g/mol. The van der Waals surface area contributed by atoms with Crippen LogP contribution in [0, 0.1) is 0 Å². The third-order valence-electron chi connectivity index (χ3n) is 3.11.